The summed E-state index contributed by atoms with van der Waals surface area (Å²) in [6, 6.07) is 3.73. The van der Waals surface area contributed by atoms with E-state index < -0.39 is 17.7 Å². The highest BCUT2D eigenvalue weighted by Crippen LogP contribution is 2.39. The number of aliphatic hydroxyl groups excluding tert-OH is 1. The molecule has 5 heteroatoms. The fourth-order valence-electron chi connectivity index (χ4n) is 1.57. The minimum absolute atomic E-state index is 0.000000000000000666. The molecule has 0 saturated heterocycles. The number of ether oxygens (including phenoxy) is 1. The lowest BCUT2D eigenvalue weighted by molar-refractivity contribution is -0.138. The van der Waals surface area contributed by atoms with Gasteiger partial charge < -0.3 is 9.84 Å². The van der Waals surface area contributed by atoms with Gasteiger partial charge in [-0.1, -0.05) is 13.0 Å². The monoisotopic (exact) mass is 234 g/mol. The van der Waals surface area contributed by atoms with Crippen molar-refractivity contribution >= 4 is 0 Å². The van der Waals surface area contributed by atoms with Gasteiger partial charge in [-0.3, -0.25) is 0 Å². The van der Waals surface area contributed by atoms with Crippen molar-refractivity contribution in [1.29, 1.82) is 0 Å². The zero-order chi connectivity index (χ0) is 12.3. The number of aliphatic hydroxyl groups is 1. The quantitative estimate of drug-likeness (QED) is 0.871. The molecule has 1 aromatic carbocycles. The fourth-order valence-corrected chi connectivity index (χ4v) is 1.57. The van der Waals surface area contributed by atoms with Crippen LogP contribution in [0.25, 0.3) is 0 Å². The van der Waals surface area contributed by atoms with Gasteiger partial charge in [0, 0.05) is 18.1 Å². The van der Waals surface area contributed by atoms with E-state index in [4.69, 9.17) is 9.84 Å². The summed E-state index contributed by atoms with van der Waals surface area (Å²) in [5.74, 6) is -0.468. The van der Waals surface area contributed by atoms with Gasteiger partial charge in [-0.2, -0.15) is 13.2 Å². The Morgan fingerprint density at radius 2 is 2.00 bits per heavy atom. The standard InChI is InChI=1S/C11H13F3O2/c1-7(6-15)10-8(11(12,13)14)4-3-5-9(10)16-2/h3-5,7,15H,6H2,1-2H3. The fraction of sp³-hybridized carbons (Fsp3) is 0.455. The molecule has 0 bridgehead atoms. The number of methoxy groups -OCH3 is 1. The van der Waals surface area contributed by atoms with Crippen LogP contribution in [0.1, 0.15) is 24.0 Å². The van der Waals surface area contributed by atoms with Gasteiger partial charge in [0.1, 0.15) is 5.75 Å². The summed E-state index contributed by atoms with van der Waals surface area (Å²) < 4.78 is 43.1. The average molecular weight is 234 g/mol. The second-order valence-corrected chi connectivity index (χ2v) is 3.50. The van der Waals surface area contributed by atoms with Crippen molar-refractivity contribution in [2.24, 2.45) is 0 Å². The maximum Gasteiger partial charge on any atom is 0.416 e. The van der Waals surface area contributed by atoms with E-state index in [1.54, 1.807) is 0 Å². The largest absolute Gasteiger partial charge is 0.496 e. The summed E-state index contributed by atoms with van der Waals surface area (Å²) in [6.45, 7) is 1.16. The Morgan fingerprint density at radius 3 is 2.44 bits per heavy atom. The molecule has 0 fully saturated rings. The van der Waals surface area contributed by atoms with Crippen LogP contribution in [0.5, 0.6) is 5.75 Å². The van der Waals surface area contributed by atoms with Crippen molar-refractivity contribution in [3.63, 3.8) is 0 Å². The zero-order valence-electron chi connectivity index (χ0n) is 9.01. The third-order valence-corrected chi connectivity index (χ3v) is 2.36. The first-order valence-corrected chi connectivity index (χ1v) is 4.76. The molecule has 1 N–H and O–H groups in total. The second-order valence-electron chi connectivity index (χ2n) is 3.50. The summed E-state index contributed by atoms with van der Waals surface area (Å²) in [5.41, 5.74) is -0.756. The Kier molecular flexibility index (Phi) is 3.80. The smallest absolute Gasteiger partial charge is 0.416 e. The lowest BCUT2D eigenvalue weighted by atomic mass is 9.95. The second kappa shape index (κ2) is 4.74. The number of benzene rings is 1. The molecule has 0 saturated carbocycles. The van der Waals surface area contributed by atoms with Gasteiger partial charge in [0.2, 0.25) is 0 Å². The summed E-state index contributed by atoms with van der Waals surface area (Å²) >= 11 is 0. The molecule has 0 aliphatic carbocycles. The van der Waals surface area contributed by atoms with Crippen molar-refractivity contribution in [1.82, 2.24) is 0 Å². The Bertz CT molecular complexity index is 361. The highest BCUT2D eigenvalue weighted by molar-refractivity contribution is 5.44. The van der Waals surface area contributed by atoms with Crippen molar-refractivity contribution < 1.29 is 23.0 Å². The normalized spacial score (nSPS) is 13.6. The molecule has 2 nitrogen and oxygen atoms in total. The molecule has 0 aliphatic heterocycles. The molecule has 90 valence electrons. The minimum atomic E-state index is -4.44. The molecule has 0 heterocycles. The van der Waals surface area contributed by atoms with E-state index in [0.717, 1.165) is 6.07 Å². The molecular weight excluding hydrogens is 221 g/mol. The van der Waals surface area contributed by atoms with E-state index in [-0.39, 0.29) is 17.9 Å². The van der Waals surface area contributed by atoms with Crippen LogP contribution in [-0.2, 0) is 6.18 Å². The highest BCUT2D eigenvalue weighted by atomic mass is 19.4. The van der Waals surface area contributed by atoms with Gasteiger partial charge in [0.15, 0.2) is 0 Å². The number of hydrogen-bond donors (Lipinski definition) is 1. The Balaban J connectivity index is 3.38. The van der Waals surface area contributed by atoms with E-state index in [1.165, 1.54) is 26.2 Å². The topological polar surface area (TPSA) is 29.5 Å². The third-order valence-electron chi connectivity index (χ3n) is 2.36. The number of rotatable bonds is 3. The summed E-state index contributed by atoms with van der Waals surface area (Å²) in [4.78, 5) is 0. The van der Waals surface area contributed by atoms with Crippen LogP contribution < -0.4 is 4.74 Å². The lowest BCUT2D eigenvalue weighted by Gasteiger charge is -2.19. The van der Waals surface area contributed by atoms with Crippen LogP contribution in [0.15, 0.2) is 18.2 Å². The van der Waals surface area contributed by atoms with Crippen LogP contribution in [0.2, 0.25) is 0 Å². The van der Waals surface area contributed by atoms with Gasteiger partial charge in [-0.25, -0.2) is 0 Å². The Hall–Kier alpha value is -1.23. The van der Waals surface area contributed by atoms with E-state index in [9.17, 15) is 13.2 Å². The zero-order valence-corrected chi connectivity index (χ0v) is 9.01. The molecule has 1 rings (SSSR count). The van der Waals surface area contributed by atoms with E-state index in [1.807, 2.05) is 0 Å². The van der Waals surface area contributed by atoms with Crippen molar-refractivity contribution in [3.8, 4) is 5.75 Å². The molecule has 1 unspecified atom stereocenters. The molecule has 1 atom stereocenters. The predicted molar refractivity (Wildman–Crippen MR) is 53.5 cm³/mol. The molecule has 0 aliphatic rings. The van der Waals surface area contributed by atoms with E-state index >= 15 is 0 Å². The minimum Gasteiger partial charge on any atom is -0.496 e. The number of halogens is 3. The van der Waals surface area contributed by atoms with Crippen LogP contribution in [0.3, 0.4) is 0 Å². The van der Waals surface area contributed by atoms with E-state index in [2.05, 4.69) is 0 Å². The SMILES string of the molecule is COc1cccc(C(F)(F)F)c1C(C)CO. The Labute approximate surface area is 91.7 Å². The van der Waals surface area contributed by atoms with Gasteiger partial charge in [-0.05, 0) is 12.1 Å². The summed E-state index contributed by atoms with van der Waals surface area (Å²) in [7, 11) is 1.31. The maximum atomic E-state index is 12.7. The van der Waals surface area contributed by atoms with Gasteiger partial charge in [0.25, 0.3) is 0 Å². The third kappa shape index (κ3) is 2.47. The van der Waals surface area contributed by atoms with Gasteiger partial charge in [0.05, 0.1) is 12.7 Å². The molecule has 16 heavy (non-hydrogen) atoms. The molecule has 1 aromatic rings. The van der Waals surface area contributed by atoms with E-state index in [0.29, 0.717) is 0 Å². The molecule has 0 aromatic heterocycles. The van der Waals surface area contributed by atoms with Gasteiger partial charge in [-0.15, -0.1) is 0 Å². The summed E-state index contributed by atoms with van der Waals surface area (Å²) in [5, 5.41) is 8.98. The number of alkyl halides is 3. The maximum absolute atomic E-state index is 12.7. The predicted octanol–water partition coefficient (Wildman–Crippen LogP) is 2.81. The molecule has 0 radical (unpaired) electrons. The van der Waals surface area contributed by atoms with Crippen molar-refractivity contribution in [2.75, 3.05) is 13.7 Å². The van der Waals surface area contributed by atoms with Crippen LogP contribution in [0.4, 0.5) is 13.2 Å². The first-order valence-electron chi connectivity index (χ1n) is 4.76. The van der Waals surface area contributed by atoms with Crippen LogP contribution >= 0.6 is 0 Å². The van der Waals surface area contributed by atoms with Crippen molar-refractivity contribution in [2.45, 2.75) is 19.0 Å². The van der Waals surface area contributed by atoms with Crippen LogP contribution in [0, 0.1) is 0 Å². The van der Waals surface area contributed by atoms with Crippen LogP contribution in [-0.4, -0.2) is 18.8 Å². The lowest BCUT2D eigenvalue weighted by Crippen LogP contribution is -2.13. The summed E-state index contributed by atoms with van der Waals surface area (Å²) in [6.07, 6.45) is -4.44. The van der Waals surface area contributed by atoms with Gasteiger partial charge >= 0.3 is 6.18 Å². The molecule has 0 amide bonds. The molecular formula is C11H13F3O2. The molecule has 0 spiro atoms. The number of hydrogen-bond acceptors (Lipinski definition) is 2. The average Bonchev–Trinajstić information content (AvgIpc) is 2.25. The first-order chi connectivity index (χ1) is 7.41. The Morgan fingerprint density at radius 1 is 1.38 bits per heavy atom. The first kappa shape index (κ1) is 12.8. The van der Waals surface area contributed by atoms with Crippen molar-refractivity contribution in [3.05, 3.63) is 29.3 Å². The highest BCUT2D eigenvalue weighted by Gasteiger charge is 2.35.